The van der Waals surface area contributed by atoms with Gasteiger partial charge in [-0.1, -0.05) is 37.3 Å². The van der Waals surface area contributed by atoms with Crippen molar-refractivity contribution in [2.45, 2.75) is 32.9 Å². The van der Waals surface area contributed by atoms with Gasteiger partial charge in [-0.15, -0.1) is 0 Å². The average Bonchev–Trinajstić information content (AvgIpc) is 2.51. The number of rotatable bonds is 5. The number of carbonyl (C=O) groups is 2. The van der Waals surface area contributed by atoms with E-state index in [1.54, 1.807) is 11.8 Å². The van der Waals surface area contributed by atoms with E-state index in [-0.39, 0.29) is 18.4 Å². The van der Waals surface area contributed by atoms with Crippen LogP contribution in [0.2, 0.25) is 0 Å². The number of hydrogen-bond acceptors (Lipinski definition) is 4. The van der Waals surface area contributed by atoms with Gasteiger partial charge in [0, 0.05) is 19.0 Å². The lowest BCUT2D eigenvalue weighted by atomic mass is 9.83. The Morgan fingerprint density at radius 2 is 2.00 bits per heavy atom. The Morgan fingerprint density at radius 3 is 2.59 bits per heavy atom. The number of esters is 1. The van der Waals surface area contributed by atoms with Crippen molar-refractivity contribution in [1.29, 1.82) is 0 Å². The first-order chi connectivity index (χ1) is 10.6. The Bertz CT molecular complexity index is 517. The van der Waals surface area contributed by atoms with Crippen molar-refractivity contribution in [3.63, 3.8) is 0 Å². The van der Waals surface area contributed by atoms with Crippen molar-refractivity contribution in [1.82, 2.24) is 4.90 Å². The number of aliphatic hydroxyl groups excluding tert-OH is 1. The molecule has 0 aliphatic carbocycles. The number of hydrogen-bond donors (Lipinski definition) is 1. The van der Waals surface area contributed by atoms with Gasteiger partial charge in [0.1, 0.15) is 0 Å². The number of amides is 1. The van der Waals surface area contributed by atoms with E-state index in [1.807, 2.05) is 37.3 Å². The summed E-state index contributed by atoms with van der Waals surface area (Å²) >= 11 is 0. The molecule has 2 rings (SSSR count). The van der Waals surface area contributed by atoms with Crippen molar-refractivity contribution in [2.75, 3.05) is 13.2 Å². The molecule has 1 N–H and O–H groups in total. The molecule has 1 saturated heterocycles. The van der Waals surface area contributed by atoms with Crippen LogP contribution in [0.5, 0.6) is 0 Å². The molecule has 5 nitrogen and oxygen atoms in total. The molecule has 120 valence electrons. The summed E-state index contributed by atoms with van der Waals surface area (Å²) < 4.78 is 4.97. The molecule has 0 aromatic heterocycles. The number of nitrogens with zero attached hydrogens (tertiary/aromatic N) is 1. The monoisotopic (exact) mass is 305 g/mol. The van der Waals surface area contributed by atoms with Crippen molar-refractivity contribution in [3.05, 3.63) is 35.9 Å². The van der Waals surface area contributed by atoms with Crippen LogP contribution in [0.4, 0.5) is 0 Å². The van der Waals surface area contributed by atoms with Crippen molar-refractivity contribution in [3.8, 4) is 0 Å². The summed E-state index contributed by atoms with van der Waals surface area (Å²) in [4.78, 5) is 26.3. The Labute approximate surface area is 130 Å². The van der Waals surface area contributed by atoms with E-state index in [1.165, 1.54) is 0 Å². The molecule has 1 amide bonds. The lowest BCUT2D eigenvalue weighted by Gasteiger charge is -2.39. The molecule has 0 unspecified atom stereocenters. The van der Waals surface area contributed by atoms with E-state index in [0.717, 1.165) is 5.56 Å². The molecule has 1 aromatic carbocycles. The van der Waals surface area contributed by atoms with Crippen molar-refractivity contribution >= 4 is 11.9 Å². The maximum Gasteiger partial charge on any atom is 0.321 e. The molecule has 1 fully saturated rings. The molecule has 0 saturated carbocycles. The first kappa shape index (κ1) is 16.5. The highest BCUT2D eigenvalue weighted by Crippen LogP contribution is 2.28. The molecular weight excluding hydrogens is 282 g/mol. The van der Waals surface area contributed by atoms with E-state index in [2.05, 4.69) is 0 Å². The highest BCUT2D eigenvalue weighted by atomic mass is 16.5. The molecule has 1 heterocycles. The van der Waals surface area contributed by atoms with Gasteiger partial charge in [-0.3, -0.25) is 9.59 Å². The first-order valence-corrected chi connectivity index (χ1v) is 7.75. The van der Waals surface area contributed by atoms with Crippen LogP contribution in [0.25, 0.3) is 0 Å². The third-order valence-electron chi connectivity index (χ3n) is 4.14. The second-order valence-corrected chi connectivity index (χ2v) is 5.59. The van der Waals surface area contributed by atoms with E-state index in [4.69, 9.17) is 4.74 Å². The number of benzene rings is 1. The third kappa shape index (κ3) is 3.47. The zero-order chi connectivity index (χ0) is 16.1. The van der Waals surface area contributed by atoms with Crippen LogP contribution in [0.1, 0.15) is 25.8 Å². The van der Waals surface area contributed by atoms with Gasteiger partial charge in [0.25, 0.3) is 0 Å². The molecule has 0 spiro atoms. The minimum absolute atomic E-state index is 0.115. The molecule has 0 radical (unpaired) electrons. The smallest absolute Gasteiger partial charge is 0.321 e. The number of piperidine rings is 1. The predicted molar refractivity (Wildman–Crippen MR) is 81.8 cm³/mol. The second kappa shape index (κ2) is 7.40. The van der Waals surface area contributed by atoms with Gasteiger partial charge in [-0.2, -0.15) is 0 Å². The Morgan fingerprint density at radius 1 is 1.32 bits per heavy atom. The standard InChI is InChI=1S/C17H23NO4/c1-3-13-11-18(10-12-8-6-5-7-9-12)16(20)14(15(13)19)17(21)22-4-2/h5-9,13-15,19H,3-4,10-11H2,1-2H3/t13-,14+,15+/m0/s1. The zero-order valence-corrected chi connectivity index (χ0v) is 13.1. The molecule has 22 heavy (non-hydrogen) atoms. The van der Waals surface area contributed by atoms with Crippen molar-refractivity contribution < 1.29 is 19.4 Å². The average molecular weight is 305 g/mol. The van der Waals surface area contributed by atoms with Crippen LogP contribution in [-0.2, 0) is 20.9 Å². The highest BCUT2D eigenvalue weighted by molar-refractivity contribution is 5.99. The number of likely N-dealkylation sites (tertiary alicyclic amines) is 1. The van der Waals surface area contributed by atoms with Crippen LogP contribution in [-0.4, -0.2) is 41.1 Å². The molecule has 1 aliphatic rings. The van der Waals surface area contributed by atoms with E-state index < -0.39 is 18.0 Å². The zero-order valence-electron chi connectivity index (χ0n) is 13.1. The summed E-state index contributed by atoms with van der Waals surface area (Å²) in [5.74, 6) is -2.20. The van der Waals surface area contributed by atoms with Gasteiger partial charge in [0.2, 0.25) is 5.91 Å². The SMILES string of the molecule is CCOC(=O)[C@H]1C(=O)N(Cc2ccccc2)C[C@H](CC)[C@H]1O. The van der Waals surface area contributed by atoms with Crippen LogP contribution in [0.3, 0.4) is 0 Å². The predicted octanol–water partition coefficient (Wildman–Crippen LogP) is 1.60. The van der Waals surface area contributed by atoms with E-state index >= 15 is 0 Å². The Hall–Kier alpha value is -1.88. The van der Waals surface area contributed by atoms with Gasteiger partial charge >= 0.3 is 5.97 Å². The lowest BCUT2D eigenvalue weighted by molar-refractivity contribution is -0.168. The lowest BCUT2D eigenvalue weighted by Crippen LogP contribution is -2.55. The fourth-order valence-corrected chi connectivity index (χ4v) is 2.89. The Balaban J connectivity index is 2.19. The summed E-state index contributed by atoms with van der Waals surface area (Å²) in [6.07, 6.45) is -0.265. The minimum atomic E-state index is -1.11. The summed E-state index contributed by atoms with van der Waals surface area (Å²) in [6.45, 7) is 4.74. The number of ether oxygens (including phenoxy) is 1. The second-order valence-electron chi connectivity index (χ2n) is 5.59. The van der Waals surface area contributed by atoms with Gasteiger partial charge in [0.15, 0.2) is 5.92 Å². The van der Waals surface area contributed by atoms with Gasteiger partial charge in [0.05, 0.1) is 12.7 Å². The normalized spacial score (nSPS) is 25.1. The molecule has 3 atom stereocenters. The van der Waals surface area contributed by atoms with Crippen LogP contribution < -0.4 is 0 Å². The van der Waals surface area contributed by atoms with Gasteiger partial charge in [-0.25, -0.2) is 0 Å². The third-order valence-corrected chi connectivity index (χ3v) is 4.14. The van der Waals surface area contributed by atoms with Gasteiger partial charge in [-0.05, 0) is 18.9 Å². The van der Waals surface area contributed by atoms with E-state index in [0.29, 0.717) is 19.5 Å². The fraction of sp³-hybridized carbons (Fsp3) is 0.529. The quantitative estimate of drug-likeness (QED) is 0.663. The van der Waals surface area contributed by atoms with E-state index in [9.17, 15) is 14.7 Å². The van der Waals surface area contributed by atoms with Gasteiger partial charge < -0.3 is 14.7 Å². The largest absolute Gasteiger partial charge is 0.465 e. The maximum atomic E-state index is 12.6. The highest BCUT2D eigenvalue weighted by Gasteiger charge is 2.46. The van der Waals surface area contributed by atoms with Crippen LogP contribution >= 0.6 is 0 Å². The Kier molecular flexibility index (Phi) is 5.55. The van der Waals surface area contributed by atoms with Crippen LogP contribution in [0, 0.1) is 11.8 Å². The molecule has 1 aliphatic heterocycles. The molecular formula is C17H23NO4. The topological polar surface area (TPSA) is 66.8 Å². The summed E-state index contributed by atoms with van der Waals surface area (Å²) in [5, 5.41) is 10.3. The maximum absolute atomic E-state index is 12.6. The minimum Gasteiger partial charge on any atom is -0.465 e. The fourth-order valence-electron chi connectivity index (χ4n) is 2.89. The summed E-state index contributed by atoms with van der Waals surface area (Å²) in [6, 6.07) is 9.64. The number of carbonyl (C=O) groups excluding carboxylic acids is 2. The molecule has 1 aromatic rings. The number of aliphatic hydroxyl groups is 1. The molecule has 0 bridgehead atoms. The van der Waals surface area contributed by atoms with Crippen molar-refractivity contribution in [2.24, 2.45) is 11.8 Å². The first-order valence-electron chi connectivity index (χ1n) is 7.75. The summed E-state index contributed by atoms with van der Waals surface area (Å²) in [7, 11) is 0. The van der Waals surface area contributed by atoms with Crippen LogP contribution in [0.15, 0.2) is 30.3 Å². The molecule has 5 heteroatoms. The summed E-state index contributed by atoms with van der Waals surface area (Å²) in [5.41, 5.74) is 1.00.